The smallest absolute Gasteiger partial charge is 0.263 e. The lowest BCUT2D eigenvalue weighted by Crippen LogP contribution is -2.33. The van der Waals surface area contributed by atoms with Gasteiger partial charge >= 0.3 is 0 Å². The van der Waals surface area contributed by atoms with E-state index < -0.39 is 11.6 Å². The molecule has 2 aliphatic rings. The van der Waals surface area contributed by atoms with E-state index in [2.05, 4.69) is 5.32 Å². The summed E-state index contributed by atoms with van der Waals surface area (Å²) in [5, 5.41) is 2.72. The molecule has 2 heterocycles. The molecular weight excluding hydrogens is 382 g/mol. The number of thiophene rings is 1. The predicted molar refractivity (Wildman–Crippen MR) is 103 cm³/mol. The number of carbonyl (C=O) groups excluding carboxylic acids is 2. The van der Waals surface area contributed by atoms with E-state index in [0.29, 0.717) is 12.8 Å². The molecule has 0 radical (unpaired) electrons. The summed E-state index contributed by atoms with van der Waals surface area (Å²) in [7, 11) is 0. The molecule has 0 spiro atoms. The van der Waals surface area contributed by atoms with Gasteiger partial charge in [0.15, 0.2) is 0 Å². The third-order valence-electron chi connectivity index (χ3n) is 5.52. The second-order valence-corrected chi connectivity index (χ2v) is 8.59. The molecule has 4 rings (SSSR count). The molecule has 1 aliphatic heterocycles. The van der Waals surface area contributed by atoms with E-state index in [-0.39, 0.29) is 29.8 Å². The Balaban J connectivity index is 1.38. The monoisotopic (exact) mass is 404 g/mol. The maximum absolute atomic E-state index is 13.7. The van der Waals surface area contributed by atoms with E-state index in [1.807, 2.05) is 11.0 Å². The van der Waals surface area contributed by atoms with Crippen LogP contribution in [-0.4, -0.2) is 29.8 Å². The van der Waals surface area contributed by atoms with Crippen molar-refractivity contribution in [2.45, 2.75) is 38.6 Å². The molecule has 148 valence electrons. The number of hydrogen-bond acceptors (Lipinski definition) is 3. The summed E-state index contributed by atoms with van der Waals surface area (Å²) in [4.78, 5) is 29.0. The molecule has 1 atom stereocenters. The molecule has 2 aromatic rings. The summed E-state index contributed by atoms with van der Waals surface area (Å²) in [6, 6.07) is 5.16. The van der Waals surface area contributed by atoms with Gasteiger partial charge < -0.3 is 10.2 Å². The molecular formula is C21H22F2N2O2S. The van der Waals surface area contributed by atoms with Crippen molar-refractivity contribution in [1.29, 1.82) is 0 Å². The van der Waals surface area contributed by atoms with Crippen molar-refractivity contribution in [2.24, 2.45) is 5.92 Å². The molecule has 4 nitrogen and oxygen atoms in total. The van der Waals surface area contributed by atoms with Gasteiger partial charge in [-0.1, -0.05) is 0 Å². The SMILES string of the molecule is O=C(NCc1cc(F)ccc1F)[C@H]1CCc2sc(C(=O)N3CCCC3)cc2C1. The minimum Gasteiger partial charge on any atom is -0.352 e. The highest BCUT2D eigenvalue weighted by Crippen LogP contribution is 2.33. The first-order valence-corrected chi connectivity index (χ1v) is 10.5. The fourth-order valence-corrected chi connectivity index (χ4v) is 5.11. The van der Waals surface area contributed by atoms with Crippen molar-refractivity contribution in [1.82, 2.24) is 10.2 Å². The molecule has 1 aromatic heterocycles. The van der Waals surface area contributed by atoms with Crippen LogP contribution in [-0.2, 0) is 24.2 Å². The average molecular weight is 404 g/mol. The lowest BCUT2D eigenvalue weighted by atomic mass is 9.87. The first-order valence-electron chi connectivity index (χ1n) is 9.64. The van der Waals surface area contributed by atoms with Crippen LogP contribution in [0.3, 0.4) is 0 Å². The number of amides is 2. The second-order valence-electron chi connectivity index (χ2n) is 7.45. The van der Waals surface area contributed by atoms with Gasteiger partial charge in [-0.3, -0.25) is 9.59 Å². The van der Waals surface area contributed by atoms with Crippen LogP contribution in [0.15, 0.2) is 24.3 Å². The largest absolute Gasteiger partial charge is 0.352 e. The Morgan fingerprint density at radius 2 is 1.96 bits per heavy atom. The summed E-state index contributed by atoms with van der Waals surface area (Å²) in [5.74, 6) is -1.34. The molecule has 1 fully saturated rings. The fraction of sp³-hybridized carbons (Fsp3) is 0.429. The molecule has 7 heteroatoms. The summed E-state index contributed by atoms with van der Waals surface area (Å²) < 4.78 is 27.0. The summed E-state index contributed by atoms with van der Waals surface area (Å²) in [6.07, 6.45) is 4.16. The Bertz CT molecular complexity index is 906. The van der Waals surface area contributed by atoms with Gasteiger partial charge in [-0.25, -0.2) is 8.78 Å². The van der Waals surface area contributed by atoms with Crippen LogP contribution in [0.2, 0.25) is 0 Å². The van der Waals surface area contributed by atoms with Crippen LogP contribution in [0.25, 0.3) is 0 Å². The molecule has 1 saturated heterocycles. The van der Waals surface area contributed by atoms with Gasteiger partial charge in [0.25, 0.3) is 5.91 Å². The maximum Gasteiger partial charge on any atom is 0.263 e. The highest BCUT2D eigenvalue weighted by molar-refractivity contribution is 7.14. The molecule has 0 saturated carbocycles. The number of fused-ring (bicyclic) bond motifs is 1. The van der Waals surface area contributed by atoms with Crippen molar-refractivity contribution in [3.63, 3.8) is 0 Å². The van der Waals surface area contributed by atoms with Crippen molar-refractivity contribution >= 4 is 23.2 Å². The summed E-state index contributed by atoms with van der Waals surface area (Å²) in [6.45, 7) is 1.61. The predicted octanol–water partition coefficient (Wildman–Crippen LogP) is 3.68. The van der Waals surface area contributed by atoms with E-state index in [0.717, 1.165) is 61.0 Å². The molecule has 1 aromatic carbocycles. The van der Waals surface area contributed by atoms with Crippen LogP contribution in [0.4, 0.5) is 8.78 Å². The Hall–Kier alpha value is -2.28. The van der Waals surface area contributed by atoms with Gasteiger partial charge in [-0.15, -0.1) is 11.3 Å². The highest BCUT2D eigenvalue weighted by Gasteiger charge is 2.29. The zero-order chi connectivity index (χ0) is 19.7. The lowest BCUT2D eigenvalue weighted by molar-refractivity contribution is -0.125. The number of nitrogens with one attached hydrogen (secondary N) is 1. The number of rotatable bonds is 4. The topological polar surface area (TPSA) is 49.4 Å². The fourth-order valence-electron chi connectivity index (χ4n) is 3.93. The third-order valence-corrected chi connectivity index (χ3v) is 6.74. The second kappa shape index (κ2) is 7.99. The van der Waals surface area contributed by atoms with Crippen molar-refractivity contribution in [3.05, 3.63) is 56.8 Å². The van der Waals surface area contributed by atoms with Gasteiger partial charge in [-0.2, -0.15) is 0 Å². The Morgan fingerprint density at radius 1 is 1.18 bits per heavy atom. The zero-order valence-corrected chi connectivity index (χ0v) is 16.3. The third kappa shape index (κ3) is 3.94. The van der Waals surface area contributed by atoms with Crippen LogP contribution >= 0.6 is 11.3 Å². The minimum absolute atomic E-state index is 0.0336. The number of carbonyl (C=O) groups is 2. The van der Waals surface area contributed by atoms with E-state index in [4.69, 9.17) is 0 Å². The number of aryl methyl sites for hydroxylation is 1. The number of likely N-dealkylation sites (tertiary alicyclic amines) is 1. The molecule has 0 unspecified atom stereocenters. The number of nitrogens with zero attached hydrogens (tertiary/aromatic N) is 1. The van der Waals surface area contributed by atoms with Gasteiger partial charge in [0.1, 0.15) is 11.6 Å². The Labute approximate surface area is 166 Å². The van der Waals surface area contributed by atoms with Gasteiger partial charge in [0.2, 0.25) is 5.91 Å². The minimum atomic E-state index is -0.532. The quantitative estimate of drug-likeness (QED) is 0.845. The number of halogens is 2. The van der Waals surface area contributed by atoms with Crippen LogP contribution < -0.4 is 5.32 Å². The molecule has 1 aliphatic carbocycles. The summed E-state index contributed by atoms with van der Waals surface area (Å²) in [5.41, 5.74) is 1.20. The zero-order valence-electron chi connectivity index (χ0n) is 15.5. The molecule has 1 N–H and O–H groups in total. The van der Waals surface area contributed by atoms with E-state index in [9.17, 15) is 18.4 Å². The van der Waals surface area contributed by atoms with Crippen LogP contribution in [0, 0.1) is 17.6 Å². The van der Waals surface area contributed by atoms with Gasteiger partial charge in [0, 0.05) is 36.0 Å². The average Bonchev–Trinajstić information content (AvgIpc) is 3.37. The molecule has 0 bridgehead atoms. The van der Waals surface area contributed by atoms with Crippen molar-refractivity contribution in [3.8, 4) is 0 Å². The Kier molecular flexibility index (Phi) is 5.44. The normalized spacial score (nSPS) is 18.8. The van der Waals surface area contributed by atoms with Gasteiger partial charge in [0.05, 0.1) is 4.88 Å². The first-order chi connectivity index (χ1) is 13.5. The van der Waals surface area contributed by atoms with Crippen molar-refractivity contribution < 1.29 is 18.4 Å². The number of hydrogen-bond donors (Lipinski definition) is 1. The van der Waals surface area contributed by atoms with Crippen LogP contribution in [0.1, 0.15) is 44.9 Å². The summed E-state index contributed by atoms with van der Waals surface area (Å²) >= 11 is 1.54. The first kappa shape index (κ1) is 19.1. The van der Waals surface area contributed by atoms with E-state index in [1.165, 1.54) is 4.88 Å². The number of benzene rings is 1. The lowest BCUT2D eigenvalue weighted by Gasteiger charge is -2.21. The van der Waals surface area contributed by atoms with Gasteiger partial charge in [-0.05, 0) is 61.9 Å². The molecule has 2 amide bonds. The van der Waals surface area contributed by atoms with E-state index >= 15 is 0 Å². The molecule has 28 heavy (non-hydrogen) atoms. The van der Waals surface area contributed by atoms with Crippen LogP contribution in [0.5, 0.6) is 0 Å². The maximum atomic E-state index is 13.7. The Morgan fingerprint density at radius 3 is 2.75 bits per heavy atom. The van der Waals surface area contributed by atoms with E-state index in [1.54, 1.807) is 11.3 Å². The highest BCUT2D eigenvalue weighted by atomic mass is 32.1. The van der Waals surface area contributed by atoms with Crippen molar-refractivity contribution in [2.75, 3.05) is 13.1 Å². The standard InChI is InChI=1S/C21H22F2N2O2S/c22-16-4-5-17(23)15(10-16)12-24-20(26)13-3-6-18-14(9-13)11-19(28-18)21(27)25-7-1-2-8-25/h4-5,10-11,13H,1-3,6-9,12H2,(H,24,26)/t13-/m0/s1.